The molecule has 2 N–H and O–H groups in total. The Kier molecular flexibility index (Phi) is 9.09. The summed E-state index contributed by atoms with van der Waals surface area (Å²) in [6, 6.07) is 17.3. The van der Waals surface area contributed by atoms with Gasteiger partial charge in [-0.3, -0.25) is 4.79 Å². The topological polar surface area (TPSA) is 84.2 Å². The number of allylic oxidation sites excluding steroid dienone is 1. The normalized spacial score (nSPS) is 12.3. The lowest BCUT2D eigenvalue weighted by Crippen LogP contribution is -2.28. The fraction of sp³-hybridized carbons (Fsp3) is 0.250. The molecule has 1 unspecified atom stereocenters. The smallest absolute Gasteiger partial charge is 0.253 e. The molecule has 1 atom stereocenters. The number of nitrogens with zero attached hydrogens (tertiary/aromatic N) is 4. The lowest BCUT2D eigenvalue weighted by Gasteiger charge is -2.12. The number of carbonyl (C=O) groups is 1. The van der Waals surface area contributed by atoms with Crippen molar-refractivity contribution in [1.82, 2.24) is 20.2 Å². The SMILES string of the molecule is C=CCn1c(CNc2ccc(Cl)cc2)nnc1SC(C)C(=O)NN=C(CC)c1ccccc1. The second-order valence-electron chi connectivity index (χ2n) is 7.17. The third-order valence-corrected chi connectivity index (χ3v) is 6.13. The summed E-state index contributed by atoms with van der Waals surface area (Å²) in [7, 11) is 0. The van der Waals surface area contributed by atoms with Crippen LogP contribution in [0.5, 0.6) is 0 Å². The van der Waals surface area contributed by atoms with Crippen molar-refractivity contribution >= 4 is 40.7 Å². The van der Waals surface area contributed by atoms with E-state index in [0.29, 0.717) is 29.7 Å². The van der Waals surface area contributed by atoms with E-state index in [9.17, 15) is 4.79 Å². The molecule has 172 valence electrons. The Balaban J connectivity index is 1.65. The van der Waals surface area contributed by atoms with E-state index in [-0.39, 0.29) is 5.91 Å². The highest BCUT2D eigenvalue weighted by Crippen LogP contribution is 2.23. The zero-order valence-corrected chi connectivity index (χ0v) is 20.2. The molecule has 7 nitrogen and oxygen atoms in total. The first-order chi connectivity index (χ1) is 16.0. The third kappa shape index (κ3) is 6.94. The monoisotopic (exact) mass is 482 g/mol. The number of hydrazone groups is 1. The number of carbonyl (C=O) groups excluding carboxylic acids is 1. The Morgan fingerprint density at radius 3 is 2.61 bits per heavy atom. The van der Waals surface area contributed by atoms with Gasteiger partial charge in [0.15, 0.2) is 11.0 Å². The van der Waals surface area contributed by atoms with E-state index in [0.717, 1.165) is 22.8 Å². The average molecular weight is 483 g/mol. The van der Waals surface area contributed by atoms with Gasteiger partial charge in [0.25, 0.3) is 5.91 Å². The van der Waals surface area contributed by atoms with Gasteiger partial charge < -0.3 is 9.88 Å². The summed E-state index contributed by atoms with van der Waals surface area (Å²) >= 11 is 7.28. The summed E-state index contributed by atoms with van der Waals surface area (Å²) in [6.45, 7) is 8.67. The Hall–Kier alpha value is -3.10. The molecule has 3 aromatic rings. The lowest BCUT2D eigenvalue weighted by atomic mass is 10.1. The molecular weight excluding hydrogens is 456 g/mol. The summed E-state index contributed by atoms with van der Waals surface area (Å²) in [4.78, 5) is 12.7. The van der Waals surface area contributed by atoms with Crippen LogP contribution in [0.1, 0.15) is 31.7 Å². The molecule has 0 saturated carbocycles. The molecule has 0 aliphatic rings. The van der Waals surface area contributed by atoms with Gasteiger partial charge in [0.2, 0.25) is 0 Å². The summed E-state index contributed by atoms with van der Waals surface area (Å²) in [5.74, 6) is 0.547. The standard InChI is InChI=1S/C24H27ClN6OS/c1-4-15-31-22(16-26-20-13-11-19(25)12-14-20)28-30-24(31)33-17(3)23(32)29-27-21(5-2)18-9-7-6-8-10-18/h4,6-14,17,26H,1,5,15-16H2,2-3H3,(H,29,32). The van der Waals surface area contributed by atoms with Crippen LogP contribution in [0.25, 0.3) is 0 Å². The van der Waals surface area contributed by atoms with Gasteiger partial charge >= 0.3 is 0 Å². The minimum atomic E-state index is -0.410. The van der Waals surface area contributed by atoms with Crippen molar-refractivity contribution in [3.63, 3.8) is 0 Å². The Morgan fingerprint density at radius 2 is 1.94 bits per heavy atom. The van der Waals surface area contributed by atoms with Gasteiger partial charge in [-0.25, -0.2) is 5.43 Å². The first-order valence-corrected chi connectivity index (χ1v) is 11.9. The molecule has 0 radical (unpaired) electrons. The van der Waals surface area contributed by atoms with Crippen LogP contribution < -0.4 is 10.7 Å². The summed E-state index contributed by atoms with van der Waals surface area (Å²) in [5.41, 5.74) is 5.43. The first-order valence-electron chi connectivity index (χ1n) is 10.6. The number of halogens is 1. The predicted octanol–water partition coefficient (Wildman–Crippen LogP) is 5.14. The molecule has 0 fully saturated rings. The van der Waals surface area contributed by atoms with Crippen LogP contribution in [0.3, 0.4) is 0 Å². The molecule has 9 heteroatoms. The highest BCUT2D eigenvalue weighted by atomic mass is 35.5. The maximum Gasteiger partial charge on any atom is 0.253 e. The molecule has 1 amide bonds. The van der Waals surface area contributed by atoms with E-state index < -0.39 is 5.25 Å². The summed E-state index contributed by atoms with van der Waals surface area (Å²) in [5, 5.41) is 17.2. The molecule has 0 aliphatic carbocycles. The fourth-order valence-electron chi connectivity index (χ4n) is 3.00. The van der Waals surface area contributed by atoms with E-state index in [2.05, 4.69) is 32.6 Å². The van der Waals surface area contributed by atoms with Crippen molar-refractivity contribution in [2.75, 3.05) is 5.32 Å². The lowest BCUT2D eigenvalue weighted by molar-refractivity contribution is -0.120. The van der Waals surface area contributed by atoms with Crippen LogP contribution >= 0.6 is 23.4 Å². The summed E-state index contributed by atoms with van der Waals surface area (Å²) < 4.78 is 1.94. The molecule has 0 spiro atoms. The third-order valence-electron chi connectivity index (χ3n) is 4.79. The molecule has 33 heavy (non-hydrogen) atoms. The minimum absolute atomic E-state index is 0.198. The number of thioether (sulfide) groups is 1. The van der Waals surface area contributed by atoms with E-state index in [4.69, 9.17) is 11.6 Å². The van der Waals surface area contributed by atoms with Crippen LogP contribution in [0.2, 0.25) is 5.02 Å². The Bertz CT molecular complexity index is 1100. The number of hydrogen-bond donors (Lipinski definition) is 2. The quantitative estimate of drug-likeness (QED) is 0.171. The highest BCUT2D eigenvalue weighted by Gasteiger charge is 2.20. The predicted molar refractivity (Wildman–Crippen MR) is 136 cm³/mol. The van der Waals surface area contributed by atoms with Gasteiger partial charge in [-0.05, 0) is 43.2 Å². The molecular formula is C24H27ClN6OS. The van der Waals surface area contributed by atoms with Gasteiger partial charge in [-0.15, -0.1) is 16.8 Å². The van der Waals surface area contributed by atoms with Gasteiger partial charge in [-0.1, -0.05) is 66.7 Å². The molecule has 3 rings (SSSR count). The number of hydrogen-bond acceptors (Lipinski definition) is 6. The molecule has 0 aliphatic heterocycles. The second-order valence-corrected chi connectivity index (χ2v) is 8.92. The number of nitrogens with one attached hydrogen (secondary N) is 2. The zero-order chi connectivity index (χ0) is 23.6. The van der Waals surface area contributed by atoms with Crippen LogP contribution in [0.4, 0.5) is 5.69 Å². The number of benzene rings is 2. The van der Waals surface area contributed by atoms with Crippen molar-refractivity contribution < 1.29 is 4.79 Å². The molecule has 0 saturated heterocycles. The van der Waals surface area contributed by atoms with E-state index in [1.165, 1.54) is 11.8 Å². The van der Waals surface area contributed by atoms with Gasteiger partial charge in [-0.2, -0.15) is 5.10 Å². The van der Waals surface area contributed by atoms with Crippen molar-refractivity contribution in [3.05, 3.63) is 83.7 Å². The maximum absolute atomic E-state index is 12.7. The number of aromatic nitrogens is 3. The maximum atomic E-state index is 12.7. The Labute approximate surface area is 203 Å². The van der Waals surface area contributed by atoms with Crippen LogP contribution in [-0.2, 0) is 17.9 Å². The number of amides is 1. The van der Waals surface area contributed by atoms with Crippen molar-refractivity contribution in [3.8, 4) is 0 Å². The number of rotatable bonds is 11. The van der Waals surface area contributed by atoms with Crippen molar-refractivity contribution in [2.45, 2.75) is 43.8 Å². The molecule has 1 heterocycles. The molecule has 2 aromatic carbocycles. The van der Waals surface area contributed by atoms with Crippen molar-refractivity contribution in [1.29, 1.82) is 0 Å². The largest absolute Gasteiger partial charge is 0.378 e. The van der Waals surface area contributed by atoms with Gasteiger partial charge in [0, 0.05) is 17.3 Å². The Morgan fingerprint density at radius 1 is 1.21 bits per heavy atom. The average Bonchev–Trinajstić information content (AvgIpc) is 3.21. The number of anilines is 1. The summed E-state index contributed by atoms with van der Waals surface area (Å²) in [6.07, 6.45) is 2.49. The fourth-order valence-corrected chi connectivity index (χ4v) is 4.00. The van der Waals surface area contributed by atoms with Crippen LogP contribution in [0.15, 0.2) is 77.5 Å². The molecule has 1 aromatic heterocycles. The second kappa shape index (κ2) is 12.2. The van der Waals surface area contributed by atoms with Gasteiger partial charge in [0.1, 0.15) is 0 Å². The van der Waals surface area contributed by atoms with E-state index in [1.54, 1.807) is 6.08 Å². The highest BCUT2D eigenvalue weighted by molar-refractivity contribution is 8.00. The van der Waals surface area contributed by atoms with Gasteiger partial charge in [0.05, 0.1) is 17.5 Å². The first kappa shape index (κ1) is 24.5. The van der Waals surface area contributed by atoms with E-state index >= 15 is 0 Å². The van der Waals surface area contributed by atoms with Crippen LogP contribution in [-0.4, -0.2) is 31.6 Å². The van der Waals surface area contributed by atoms with Crippen LogP contribution in [0, 0.1) is 0 Å². The zero-order valence-electron chi connectivity index (χ0n) is 18.7. The molecule has 0 bridgehead atoms. The van der Waals surface area contributed by atoms with E-state index in [1.807, 2.05) is 73.0 Å². The van der Waals surface area contributed by atoms with Crippen molar-refractivity contribution in [2.24, 2.45) is 5.10 Å². The minimum Gasteiger partial charge on any atom is -0.378 e.